The summed E-state index contributed by atoms with van der Waals surface area (Å²) in [5.41, 5.74) is 2.75. The number of ketones is 1. The van der Waals surface area contributed by atoms with Gasteiger partial charge in [-0.05, 0) is 25.1 Å². The molecule has 0 aliphatic rings. The molecule has 0 saturated carbocycles. The van der Waals surface area contributed by atoms with Crippen molar-refractivity contribution in [1.82, 2.24) is 0 Å². The molecule has 0 amide bonds. The van der Waals surface area contributed by atoms with Crippen molar-refractivity contribution < 1.29 is 9.53 Å². The summed E-state index contributed by atoms with van der Waals surface area (Å²) < 4.78 is 5.53. The van der Waals surface area contributed by atoms with Crippen molar-refractivity contribution in [3.63, 3.8) is 0 Å². The van der Waals surface area contributed by atoms with Crippen LogP contribution < -0.4 is 10.2 Å². The van der Waals surface area contributed by atoms with Gasteiger partial charge in [0.05, 0.1) is 6.61 Å². The first kappa shape index (κ1) is 14.1. The minimum Gasteiger partial charge on any atom is -0.493 e. The Balaban J connectivity index is 2.17. The lowest BCUT2D eigenvalue weighted by molar-refractivity contribution is 0.104. The maximum Gasteiger partial charge on any atom is 0.185 e. The normalized spacial score (nSPS) is 10.7. The summed E-state index contributed by atoms with van der Waals surface area (Å²) in [4.78, 5) is 12.1. The largest absolute Gasteiger partial charge is 0.493 e. The van der Waals surface area contributed by atoms with E-state index >= 15 is 0 Å². The molecule has 2 nitrogen and oxygen atoms in total. The van der Waals surface area contributed by atoms with Crippen LogP contribution in [0.1, 0.15) is 22.8 Å². The van der Waals surface area contributed by atoms with E-state index in [4.69, 9.17) is 4.74 Å². The second-order valence-electron chi connectivity index (χ2n) is 4.53. The van der Waals surface area contributed by atoms with Crippen LogP contribution in [0.5, 0.6) is 5.75 Å². The van der Waals surface area contributed by atoms with Crippen LogP contribution in [-0.4, -0.2) is 20.2 Å². The van der Waals surface area contributed by atoms with E-state index in [2.05, 4.69) is 0 Å². The van der Waals surface area contributed by atoms with Gasteiger partial charge in [0.2, 0.25) is 0 Å². The molecule has 0 unspecified atom stereocenters. The summed E-state index contributed by atoms with van der Waals surface area (Å²) in [5, 5.41) is 0. The standard InChI is InChI=1S/C17H17BO2/c1-2-20-17-6-4-3-5-14(17)9-12-16(19)13-7-10-15(18)11-8-13/h3-12H,2,18H2,1H3/b12-9+. The first-order valence-corrected chi connectivity index (χ1v) is 6.71. The molecule has 0 radical (unpaired) electrons. The molecule has 20 heavy (non-hydrogen) atoms. The van der Waals surface area contributed by atoms with Gasteiger partial charge in [-0.25, -0.2) is 0 Å². The highest BCUT2D eigenvalue weighted by atomic mass is 16.5. The van der Waals surface area contributed by atoms with Crippen molar-refractivity contribution in [1.29, 1.82) is 0 Å². The molecule has 0 heterocycles. The number of hydrogen-bond donors (Lipinski definition) is 0. The Kier molecular flexibility index (Phi) is 4.77. The molecule has 0 bridgehead atoms. The monoisotopic (exact) mass is 264 g/mol. The molecule has 2 rings (SSSR count). The third-order valence-corrected chi connectivity index (χ3v) is 2.97. The lowest BCUT2D eigenvalue weighted by Gasteiger charge is -2.06. The topological polar surface area (TPSA) is 26.3 Å². The number of para-hydroxylation sites is 1. The molecule has 0 spiro atoms. The summed E-state index contributed by atoms with van der Waals surface area (Å²) in [7, 11) is 2.00. The number of hydrogen-bond acceptors (Lipinski definition) is 2. The molecule has 0 atom stereocenters. The van der Waals surface area contributed by atoms with E-state index in [0.717, 1.165) is 16.8 Å². The van der Waals surface area contributed by atoms with Crippen LogP contribution in [0.4, 0.5) is 0 Å². The predicted molar refractivity (Wildman–Crippen MR) is 85.6 cm³/mol. The smallest absolute Gasteiger partial charge is 0.185 e. The van der Waals surface area contributed by atoms with E-state index in [1.807, 2.05) is 63.3 Å². The zero-order chi connectivity index (χ0) is 14.4. The summed E-state index contributed by atoms with van der Waals surface area (Å²) in [6, 6.07) is 15.3. The highest BCUT2D eigenvalue weighted by Gasteiger charge is 2.02. The fraction of sp³-hybridized carbons (Fsp3) is 0.118. The van der Waals surface area contributed by atoms with Crippen LogP contribution in [0.15, 0.2) is 54.6 Å². The lowest BCUT2D eigenvalue weighted by Crippen LogP contribution is -2.03. The van der Waals surface area contributed by atoms with E-state index in [0.29, 0.717) is 12.2 Å². The number of allylic oxidation sites excluding steroid dienone is 1. The quantitative estimate of drug-likeness (QED) is 0.470. The Morgan fingerprint density at radius 1 is 1.15 bits per heavy atom. The van der Waals surface area contributed by atoms with Crippen molar-refractivity contribution >= 4 is 25.2 Å². The van der Waals surface area contributed by atoms with Gasteiger partial charge in [0.25, 0.3) is 0 Å². The molecule has 2 aromatic carbocycles. The van der Waals surface area contributed by atoms with Gasteiger partial charge in [0.15, 0.2) is 5.78 Å². The molecular weight excluding hydrogens is 247 g/mol. The van der Waals surface area contributed by atoms with Gasteiger partial charge in [0.1, 0.15) is 13.6 Å². The van der Waals surface area contributed by atoms with Gasteiger partial charge in [-0.15, -0.1) is 0 Å². The third-order valence-electron chi connectivity index (χ3n) is 2.97. The fourth-order valence-electron chi connectivity index (χ4n) is 1.88. The molecule has 0 fully saturated rings. The Morgan fingerprint density at radius 2 is 1.85 bits per heavy atom. The molecule has 2 aromatic rings. The van der Waals surface area contributed by atoms with Crippen molar-refractivity contribution in [3.05, 3.63) is 65.7 Å². The summed E-state index contributed by atoms with van der Waals surface area (Å²) in [6.45, 7) is 2.55. The van der Waals surface area contributed by atoms with Gasteiger partial charge >= 0.3 is 0 Å². The molecular formula is C17H17BO2. The maximum absolute atomic E-state index is 12.1. The first-order chi connectivity index (χ1) is 9.70. The number of ether oxygens (including phenoxy) is 1. The molecule has 0 aliphatic heterocycles. The maximum atomic E-state index is 12.1. The second-order valence-corrected chi connectivity index (χ2v) is 4.53. The fourth-order valence-corrected chi connectivity index (χ4v) is 1.88. The zero-order valence-electron chi connectivity index (χ0n) is 11.8. The van der Waals surface area contributed by atoms with Crippen molar-refractivity contribution in [2.75, 3.05) is 6.61 Å². The Bertz CT molecular complexity index is 615. The molecule has 0 N–H and O–H groups in total. The van der Waals surface area contributed by atoms with Crippen LogP contribution in [-0.2, 0) is 0 Å². The van der Waals surface area contributed by atoms with Crippen LogP contribution >= 0.6 is 0 Å². The van der Waals surface area contributed by atoms with Gasteiger partial charge in [0, 0.05) is 11.1 Å². The number of carbonyl (C=O) groups is 1. The minimum absolute atomic E-state index is 0.00342. The SMILES string of the molecule is Bc1ccc(C(=O)/C=C/c2ccccc2OCC)cc1. The Morgan fingerprint density at radius 3 is 2.55 bits per heavy atom. The molecule has 3 heteroatoms. The number of benzene rings is 2. The summed E-state index contributed by atoms with van der Waals surface area (Å²) in [5.74, 6) is 0.791. The van der Waals surface area contributed by atoms with Gasteiger partial charge in [-0.2, -0.15) is 0 Å². The van der Waals surface area contributed by atoms with E-state index in [-0.39, 0.29) is 5.78 Å². The highest BCUT2D eigenvalue weighted by molar-refractivity contribution is 6.32. The van der Waals surface area contributed by atoms with Gasteiger partial charge < -0.3 is 4.74 Å². The lowest BCUT2D eigenvalue weighted by atomic mass is 9.94. The van der Waals surface area contributed by atoms with E-state index in [9.17, 15) is 4.79 Å². The summed E-state index contributed by atoms with van der Waals surface area (Å²) >= 11 is 0. The number of carbonyl (C=O) groups excluding carboxylic acids is 1. The van der Waals surface area contributed by atoms with E-state index in [1.165, 1.54) is 0 Å². The van der Waals surface area contributed by atoms with Crippen molar-refractivity contribution in [2.45, 2.75) is 6.92 Å². The number of rotatable bonds is 5. The third kappa shape index (κ3) is 3.61. The molecule has 0 saturated heterocycles. The second kappa shape index (κ2) is 6.76. The Labute approximate surface area is 120 Å². The highest BCUT2D eigenvalue weighted by Crippen LogP contribution is 2.19. The first-order valence-electron chi connectivity index (χ1n) is 6.71. The van der Waals surface area contributed by atoms with Crippen LogP contribution in [0.25, 0.3) is 6.08 Å². The molecule has 0 aromatic heterocycles. The average molecular weight is 264 g/mol. The molecule has 0 aliphatic carbocycles. The van der Waals surface area contributed by atoms with Crippen LogP contribution in [0.2, 0.25) is 0 Å². The predicted octanol–water partition coefficient (Wildman–Crippen LogP) is 2.24. The van der Waals surface area contributed by atoms with Crippen molar-refractivity contribution in [3.8, 4) is 5.75 Å². The Hall–Kier alpha value is -2.29. The zero-order valence-corrected chi connectivity index (χ0v) is 11.8. The van der Waals surface area contributed by atoms with Crippen LogP contribution in [0.3, 0.4) is 0 Å². The van der Waals surface area contributed by atoms with E-state index in [1.54, 1.807) is 12.2 Å². The van der Waals surface area contributed by atoms with Gasteiger partial charge in [-0.1, -0.05) is 47.9 Å². The van der Waals surface area contributed by atoms with Crippen LogP contribution in [0, 0.1) is 0 Å². The summed E-state index contributed by atoms with van der Waals surface area (Å²) in [6.07, 6.45) is 3.38. The van der Waals surface area contributed by atoms with Gasteiger partial charge in [-0.3, -0.25) is 4.79 Å². The molecule has 100 valence electrons. The van der Waals surface area contributed by atoms with E-state index < -0.39 is 0 Å². The minimum atomic E-state index is -0.00342. The average Bonchev–Trinajstić information content (AvgIpc) is 2.47. The van der Waals surface area contributed by atoms with Crippen molar-refractivity contribution in [2.24, 2.45) is 0 Å².